The normalized spacial score (nSPS) is 11.7. The third-order valence-corrected chi connectivity index (χ3v) is 8.00. The fourth-order valence-electron chi connectivity index (χ4n) is 4.04. The first-order chi connectivity index (χ1) is 18.4. The van der Waals surface area contributed by atoms with Gasteiger partial charge in [-0.15, -0.1) is 10.2 Å². The van der Waals surface area contributed by atoms with Gasteiger partial charge in [0.25, 0.3) is 0 Å². The van der Waals surface area contributed by atoms with E-state index in [1.54, 1.807) is 12.1 Å². The quantitative estimate of drug-likeness (QED) is 0.113. The lowest BCUT2D eigenvalue weighted by Gasteiger charge is -2.04. The molecule has 0 aliphatic carbocycles. The molecule has 0 atom stereocenters. The molecule has 38 heavy (non-hydrogen) atoms. The SMILES string of the molecule is CCCCCCCCC=CCCCCCCCC(=O)Nc1nnc(NCCc2ccc(S(N)(=O)=O)cc2)s1. The number of amides is 1. The second-order valence-electron chi connectivity index (χ2n) is 9.66. The molecule has 1 amide bonds. The Morgan fingerprint density at radius 2 is 1.45 bits per heavy atom. The molecule has 0 aliphatic heterocycles. The molecule has 1 heterocycles. The van der Waals surface area contributed by atoms with Crippen molar-refractivity contribution in [1.82, 2.24) is 10.2 Å². The Kier molecular flexibility index (Phi) is 15.8. The van der Waals surface area contributed by atoms with E-state index >= 15 is 0 Å². The van der Waals surface area contributed by atoms with E-state index < -0.39 is 10.0 Å². The number of sulfonamides is 1. The van der Waals surface area contributed by atoms with Crippen molar-refractivity contribution < 1.29 is 13.2 Å². The number of nitrogens with zero attached hydrogens (tertiary/aromatic N) is 2. The maximum atomic E-state index is 12.2. The van der Waals surface area contributed by atoms with Crippen molar-refractivity contribution in [2.24, 2.45) is 5.14 Å². The Bertz CT molecular complexity index is 1050. The number of unbranched alkanes of at least 4 members (excludes halogenated alkanes) is 11. The standard InChI is InChI=1S/C28H45N5O3S2/c1-2-3-4-5-6-7-8-9-10-11-12-13-14-15-16-17-26(34)31-28-33-32-27(37-28)30-23-22-24-18-20-25(21-19-24)38(29,35)36/h9-10,18-21H,2-8,11-17,22-23H2,1H3,(H,30,32)(H2,29,35,36)(H,31,33,34). The van der Waals surface area contributed by atoms with Crippen LogP contribution in [-0.4, -0.2) is 31.1 Å². The summed E-state index contributed by atoms with van der Waals surface area (Å²) in [5.41, 5.74) is 0.975. The predicted octanol–water partition coefficient (Wildman–Crippen LogP) is 6.82. The van der Waals surface area contributed by atoms with Gasteiger partial charge in [-0.1, -0.05) is 93.9 Å². The van der Waals surface area contributed by atoms with Crippen molar-refractivity contribution in [2.45, 2.75) is 108 Å². The van der Waals surface area contributed by atoms with Gasteiger partial charge in [0.05, 0.1) is 4.90 Å². The fourth-order valence-corrected chi connectivity index (χ4v) is 5.24. The third kappa shape index (κ3) is 14.6. The molecule has 1 aromatic carbocycles. The van der Waals surface area contributed by atoms with E-state index in [0.29, 0.717) is 29.6 Å². The van der Waals surface area contributed by atoms with Crippen molar-refractivity contribution in [3.63, 3.8) is 0 Å². The van der Waals surface area contributed by atoms with E-state index in [-0.39, 0.29) is 10.8 Å². The second kappa shape index (κ2) is 18.9. The molecule has 0 radical (unpaired) electrons. The number of anilines is 2. The Labute approximate surface area is 233 Å². The van der Waals surface area contributed by atoms with Crippen LogP contribution in [0.4, 0.5) is 10.3 Å². The summed E-state index contributed by atoms with van der Waals surface area (Å²) in [6.07, 6.45) is 21.9. The molecule has 2 aromatic rings. The van der Waals surface area contributed by atoms with E-state index in [1.807, 2.05) is 0 Å². The molecule has 212 valence electrons. The van der Waals surface area contributed by atoms with Crippen LogP contribution in [0.25, 0.3) is 0 Å². The van der Waals surface area contributed by atoms with Crippen LogP contribution in [0.15, 0.2) is 41.3 Å². The van der Waals surface area contributed by atoms with Gasteiger partial charge >= 0.3 is 0 Å². The molecule has 10 heteroatoms. The van der Waals surface area contributed by atoms with Crippen molar-refractivity contribution in [1.29, 1.82) is 0 Å². The zero-order chi connectivity index (χ0) is 27.5. The lowest BCUT2D eigenvalue weighted by atomic mass is 10.1. The average Bonchev–Trinajstić information content (AvgIpc) is 3.33. The molecule has 0 aliphatic rings. The Morgan fingerprint density at radius 3 is 2.08 bits per heavy atom. The predicted molar refractivity (Wildman–Crippen MR) is 158 cm³/mol. The number of nitrogens with two attached hydrogens (primary N) is 1. The molecular formula is C28H45N5O3S2. The number of primary sulfonamides is 1. The Hall–Kier alpha value is -2.30. The van der Waals surface area contributed by atoms with Gasteiger partial charge in [0.15, 0.2) is 0 Å². The van der Waals surface area contributed by atoms with Gasteiger partial charge in [-0.3, -0.25) is 4.79 Å². The van der Waals surface area contributed by atoms with E-state index in [9.17, 15) is 13.2 Å². The zero-order valence-electron chi connectivity index (χ0n) is 22.8. The number of hydrogen-bond donors (Lipinski definition) is 3. The summed E-state index contributed by atoms with van der Waals surface area (Å²) in [5.74, 6) is -0.0275. The summed E-state index contributed by atoms with van der Waals surface area (Å²) in [5, 5.41) is 20.3. The lowest BCUT2D eigenvalue weighted by Crippen LogP contribution is -2.12. The van der Waals surface area contributed by atoms with Gasteiger partial charge in [-0.25, -0.2) is 13.6 Å². The first-order valence-electron chi connectivity index (χ1n) is 14.0. The Morgan fingerprint density at radius 1 is 0.868 bits per heavy atom. The summed E-state index contributed by atoms with van der Waals surface area (Å²) < 4.78 is 22.6. The largest absolute Gasteiger partial charge is 0.360 e. The van der Waals surface area contributed by atoms with Crippen LogP contribution in [0, 0.1) is 0 Å². The minimum atomic E-state index is -3.68. The summed E-state index contributed by atoms with van der Waals surface area (Å²) >= 11 is 1.30. The van der Waals surface area contributed by atoms with E-state index in [0.717, 1.165) is 31.2 Å². The number of hydrogen-bond acceptors (Lipinski definition) is 7. The number of rotatable bonds is 21. The summed E-state index contributed by atoms with van der Waals surface area (Å²) in [7, 11) is -3.68. The zero-order valence-corrected chi connectivity index (χ0v) is 24.4. The fraction of sp³-hybridized carbons (Fsp3) is 0.607. The highest BCUT2D eigenvalue weighted by atomic mass is 32.2. The van der Waals surface area contributed by atoms with Crippen molar-refractivity contribution >= 4 is 37.5 Å². The van der Waals surface area contributed by atoms with Gasteiger partial charge in [0.2, 0.25) is 26.2 Å². The molecule has 0 unspecified atom stereocenters. The van der Waals surface area contributed by atoms with Crippen LogP contribution >= 0.6 is 11.3 Å². The highest BCUT2D eigenvalue weighted by Crippen LogP contribution is 2.20. The van der Waals surface area contributed by atoms with Gasteiger partial charge in [-0.2, -0.15) is 0 Å². The first-order valence-corrected chi connectivity index (χ1v) is 16.4. The topological polar surface area (TPSA) is 127 Å². The van der Waals surface area contributed by atoms with Gasteiger partial charge in [0.1, 0.15) is 0 Å². The number of carbonyl (C=O) groups excluding carboxylic acids is 1. The smallest absolute Gasteiger partial charge is 0.238 e. The molecule has 0 saturated heterocycles. The molecule has 0 bridgehead atoms. The van der Waals surface area contributed by atoms with Gasteiger partial charge in [0, 0.05) is 13.0 Å². The summed E-state index contributed by atoms with van der Waals surface area (Å²) in [4.78, 5) is 12.3. The molecular weight excluding hydrogens is 518 g/mol. The minimum Gasteiger partial charge on any atom is -0.360 e. The first kappa shape index (κ1) is 31.9. The van der Waals surface area contributed by atoms with Crippen molar-refractivity contribution in [3.8, 4) is 0 Å². The molecule has 0 spiro atoms. The van der Waals surface area contributed by atoms with E-state index in [2.05, 4.69) is 39.9 Å². The van der Waals surface area contributed by atoms with E-state index in [4.69, 9.17) is 5.14 Å². The maximum absolute atomic E-state index is 12.2. The summed E-state index contributed by atoms with van der Waals surface area (Å²) in [6, 6.07) is 6.48. The van der Waals surface area contributed by atoms with Crippen molar-refractivity contribution in [3.05, 3.63) is 42.0 Å². The molecule has 0 saturated carbocycles. The van der Waals surface area contributed by atoms with Crippen LogP contribution in [0.1, 0.15) is 102 Å². The van der Waals surface area contributed by atoms with E-state index in [1.165, 1.54) is 81.3 Å². The highest BCUT2D eigenvalue weighted by molar-refractivity contribution is 7.89. The van der Waals surface area contributed by atoms with Crippen LogP contribution in [0.2, 0.25) is 0 Å². The van der Waals surface area contributed by atoms with Crippen LogP contribution < -0.4 is 15.8 Å². The highest BCUT2D eigenvalue weighted by Gasteiger charge is 2.09. The number of allylic oxidation sites excluding steroid dienone is 2. The maximum Gasteiger partial charge on any atom is 0.238 e. The third-order valence-electron chi connectivity index (χ3n) is 6.28. The minimum absolute atomic E-state index is 0.0275. The molecule has 8 nitrogen and oxygen atoms in total. The molecule has 4 N–H and O–H groups in total. The number of nitrogens with one attached hydrogen (secondary N) is 2. The second-order valence-corrected chi connectivity index (χ2v) is 12.2. The monoisotopic (exact) mass is 563 g/mol. The number of benzene rings is 1. The average molecular weight is 564 g/mol. The molecule has 2 rings (SSSR count). The Balaban J connectivity index is 1.47. The molecule has 0 fully saturated rings. The molecule has 1 aromatic heterocycles. The van der Waals surface area contributed by atoms with Gasteiger partial charge < -0.3 is 10.6 Å². The van der Waals surface area contributed by atoms with Crippen LogP contribution in [-0.2, 0) is 21.2 Å². The number of aromatic nitrogens is 2. The summed E-state index contributed by atoms with van der Waals surface area (Å²) in [6.45, 7) is 2.86. The number of carbonyl (C=O) groups is 1. The van der Waals surface area contributed by atoms with Crippen LogP contribution in [0.3, 0.4) is 0 Å². The van der Waals surface area contributed by atoms with Crippen LogP contribution in [0.5, 0.6) is 0 Å². The lowest BCUT2D eigenvalue weighted by molar-refractivity contribution is -0.116. The van der Waals surface area contributed by atoms with Crippen molar-refractivity contribution in [2.75, 3.05) is 17.2 Å². The van der Waals surface area contributed by atoms with Gasteiger partial charge in [-0.05, 0) is 56.2 Å².